The minimum atomic E-state index is 0.385. The third-order valence-corrected chi connectivity index (χ3v) is 6.43. The van der Waals surface area contributed by atoms with E-state index in [1.807, 2.05) is 0 Å². The number of aryl methyl sites for hydroxylation is 3. The van der Waals surface area contributed by atoms with Crippen LogP contribution in [0.5, 0.6) is 5.75 Å². The van der Waals surface area contributed by atoms with Crippen LogP contribution in [-0.4, -0.2) is 16.9 Å². The Kier molecular flexibility index (Phi) is 3.93. The summed E-state index contributed by atoms with van der Waals surface area (Å²) in [5.41, 5.74) is 6.06. The summed E-state index contributed by atoms with van der Waals surface area (Å²) < 4.78 is 6.16. The van der Waals surface area contributed by atoms with Crippen LogP contribution in [0.15, 0.2) is 29.3 Å². The molecule has 5 heteroatoms. The Bertz CT molecular complexity index is 1060. The molecule has 2 aromatic heterocycles. The van der Waals surface area contributed by atoms with Crippen LogP contribution < -0.4 is 10.1 Å². The molecule has 3 heterocycles. The minimum absolute atomic E-state index is 0.385. The molecule has 0 bridgehead atoms. The highest BCUT2D eigenvalue weighted by Gasteiger charge is 2.29. The van der Waals surface area contributed by atoms with Gasteiger partial charge >= 0.3 is 0 Å². The van der Waals surface area contributed by atoms with Gasteiger partial charge in [-0.05, 0) is 39.2 Å². The molecule has 1 aromatic carbocycles. The molecular weight excluding hydrogens is 354 g/mol. The number of hydrogen-bond acceptors (Lipinski definition) is 5. The monoisotopic (exact) mass is 377 g/mol. The van der Waals surface area contributed by atoms with Crippen LogP contribution in [0.4, 0.5) is 0 Å². The number of hydrogen-bond donors (Lipinski definition) is 1. The number of thiophene rings is 1. The molecule has 138 valence electrons. The molecule has 4 nitrogen and oxygen atoms in total. The molecule has 1 aliphatic heterocycles. The number of aliphatic imine (C=N–C) groups is 1. The molecule has 1 N–H and O–H groups in total. The lowest BCUT2D eigenvalue weighted by atomic mass is 10.1. The lowest BCUT2D eigenvalue weighted by Gasteiger charge is -2.12. The SMILES string of the molecule is Cc1ccc(CNC2=NCc3c2sc2nc(C)c(OC4CC4)c(C)c32)cc1. The van der Waals surface area contributed by atoms with Gasteiger partial charge in [-0.3, -0.25) is 4.99 Å². The van der Waals surface area contributed by atoms with Gasteiger partial charge in [0.25, 0.3) is 0 Å². The number of pyridine rings is 1. The predicted molar refractivity (Wildman–Crippen MR) is 111 cm³/mol. The number of amidine groups is 1. The standard InChI is InChI=1S/C22H23N3OS/c1-12-4-6-15(7-5-12)10-23-21-20-17(11-24-21)18-13(2)19(26-16-8-9-16)14(3)25-22(18)27-20/h4-7,16H,8-11H2,1-3H3,(H,23,24). The van der Waals surface area contributed by atoms with Gasteiger partial charge in [-0.1, -0.05) is 29.8 Å². The van der Waals surface area contributed by atoms with Gasteiger partial charge in [0.05, 0.1) is 23.2 Å². The van der Waals surface area contributed by atoms with Crippen molar-refractivity contribution in [1.29, 1.82) is 0 Å². The average molecular weight is 378 g/mol. The maximum absolute atomic E-state index is 6.16. The van der Waals surface area contributed by atoms with E-state index in [4.69, 9.17) is 14.7 Å². The molecule has 3 aromatic rings. The molecule has 0 amide bonds. The van der Waals surface area contributed by atoms with Gasteiger partial charge in [-0.2, -0.15) is 0 Å². The summed E-state index contributed by atoms with van der Waals surface area (Å²) in [6.07, 6.45) is 2.71. The highest BCUT2D eigenvalue weighted by Crippen LogP contribution is 2.41. The molecular formula is C22H23N3OS. The second-order valence-electron chi connectivity index (χ2n) is 7.56. The summed E-state index contributed by atoms with van der Waals surface area (Å²) >= 11 is 1.74. The van der Waals surface area contributed by atoms with Crippen molar-refractivity contribution in [3.05, 3.63) is 57.1 Å². The zero-order valence-corrected chi connectivity index (χ0v) is 16.7. The zero-order valence-electron chi connectivity index (χ0n) is 15.9. The normalized spacial score (nSPS) is 15.7. The first kappa shape index (κ1) is 16.8. The van der Waals surface area contributed by atoms with E-state index >= 15 is 0 Å². The van der Waals surface area contributed by atoms with Crippen LogP contribution in [0.2, 0.25) is 0 Å². The number of nitrogens with zero attached hydrogens (tertiary/aromatic N) is 2. The second-order valence-corrected chi connectivity index (χ2v) is 8.56. The van der Waals surface area contributed by atoms with Crippen molar-refractivity contribution in [2.75, 3.05) is 0 Å². The minimum Gasteiger partial charge on any atom is -0.488 e. The fraction of sp³-hybridized carbons (Fsp3) is 0.364. The number of aromatic nitrogens is 1. The Morgan fingerprint density at radius 2 is 1.93 bits per heavy atom. The maximum Gasteiger partial charge on any atom is 0.144 e. The summed E-state index contributed by atoms with van der Waals surface area (Å²) in [5.74, 6) is 1.97. The van der Waals surface area contributed by atoms with Gasteiger partial charge < -0.3 is 10.1 Å². The summed E-state index contributed by atoms with van der Waals surface area (Å²) in [6, 6.07) is 8.63. The first-order chi connectivity index (χ1) is 13.1. The van der Waals surface area contributed by atoms with Crippen LogP contribution in [0.1, 0.15) is 45.7 Å². The van der Waals surface area contributed by atoms with Gasteiger partial charge in [0.15, 0.2) is 0 Å². The summed E-state index contributed by atoms with van der Waals surface area (Å²) in [6.45, 7) is 7.84. The van der Waals surface area contributed by atoms with Gasteiger partial charge in [-0.15, -0.1) is 11.3 Å². The van der Waals surface area contributed by atoms with E-state index in [-0.39, 0.29) is 0 Å². The van der Waals surface area contributed by atoms with Gasteiger partial charge in [0.1, 0.15) is 16.4 Å². The third-order valence-electron chi connectivity index (χ3n) is 5.30. The fourth-order valence-corrected chi connectivity index (χ4v) is 4.91. The molecule has 0 saturated heterocycles. The van der Waals surface area contributed by atoms with E-state index in [0.717, 1.165) is 48.0 Å². The molecule has 5 rings (SSSR count). The van der Waals surface area contributed by atoms with E-state index in [2.05, 4.69) is 50.4 Å². The highest BCUT2D eigenvalue weighted by atomic mass is 32.1. The van der Waals surface area contributed by atoms with Gasteiger partial charge in [0, 0.05) is 23.1 Å². The Labute approximate surface area is 163 Å². The smallest absolute Gasteiger partial charge is 0.144 e. The number of fused-ring (bicyclic) bond motifs is 3. The number of benzene rings is 1. The van der Waals surface area contributed by atoms with Crippen LogP contribution >= 0.6 is 11.3 Å². The van der Waals surface area contributed by atoms with Crippen molar-refractivity contribution in [1.82, 2.24) is 10.3 Å². The zero-order chi connectivity index (χ0) is 18.5. The highest BCUT2D eigenvalue weighted by molar-refractivity contribution is 7.20. The Balaban J connectivity index is 1.45. The van der Waals surface area contributed by atoms with Crippen molar-refractivity contribution in [2.24, 2.45) is 4.99 Å². The van der Waals surface area contributed by atoms with E-state index in [9.17, 15) is 0 Å². The molecule has 2 aliphatic rings. The van der Waals surface area contributed by atoms with E-state index in [0.29, 0.717) is 6.10 Å². The van der Waals surface area contributed by atoms with E-state index in [1.165, 1.54) is 32.5 Å². The number of nitrogens with one attached hydrogen (secondary N) is 1. The van der Waals surface area contributed by atoms with E-state index < -0.39 is 0 Å². The lowest BCUT2D eigenvalue weighted by Crippen LogP contribution is -2.21. The first-order valence-electron chi connectivity index (χ1n) is 9.53. The molecule has 27 heavy (non-hydrogen) atoms. The van der Waals surface area contributed by atoms with Crippen molar-refractivity contribution >= 4 is 27.4 Å². The molecule has 0 spiro atoms. The van der Waals surface area contributed by atoms with Crippen molar-refractivity contribution in [2.45, 2.75) is 52.8 Å². The van der Waals surface area contributed by atoms with Crippen LogP contribution in [0, 0.1) is 20.8 Å². The molecule has 0 unspecified atom stereocenters. The second kappa shape index (κ2) is 6.34. The fourth-order valence-electron chi connectivity index (χ4n) is 3.63. The van der Waals surface area contributed by atoms with Crippen molar-refractivity contribution in [3.8, 4) is 5.75 Å². The average Bonchev–Trinajstić information content (AvgIpc) is 3.29. The van der Waals surface area contributed by atoms with Crippen molar-refractivity contribution < 1.29 is 4.74 Å². The molecule has 1 saturated carbocycles. The maximum atomic E-state index is 6.16. The predicted octanol–water partition coefficient (Wildman–Crippen LogP) is 4.81. The molecule has 0 radical (unpaired) electrons. The molecule has 1 aliphatic carbocycles. The third kappa shape index (κ3) is 3.00. The lowest BCUT2D eigenvalue weighted by molar-refractivity contribution is 0.298. The van der Waals surface area contributed by atoms with Crippen LogP contribution in [0.3, 0.4) is 0 Å². The quantitative estimate of drug-likeness (QED) is 0.709. The van der Waals surface area contributed by atoms with Crippen LogP contribution in [0.25, 0.3) is 10.2 Å². The van der Waals surface area contributed by atoms with Gasteiger partial charge in [-0.25, -0.2) is 4.98 Å². The van der Waals surface area contributed by atoms with Crippen LogP contribution in [-0.2, 0) is 13.1 Å². The summed E-state index contributed by atoms with van der Waals surface area (Å²) in [5, 5.41) is 4.77. The first-order valence-corrected chi connectivity index (χ1v) is 10.4. The largest absolute Gasteiger partial charge is 0.488 e. The molecule has 0 atom stereocenters. The Morgan fingerprint density at radius 1 is 1.15 bits per heavy atom. The Morgan fingerprint density at radius 3 is 2.67 bits per heavy atom. The van der Waals surface area contributed by atoms with Gasteiger partial charge in [0.2, 0.25) is 0 Å². The number of rotatable bonds is 4. The van der Waals surface area contributed by atoms with Crippen molar-refractivity contribution in [3.63, 3.8) is 0 Å². The molecule has 1 fully saturated rings. The summed E-state index contributed by atoms with van der Waals surface area (Å²) in [7, 11) is 0. The topological polar surface area (TPSA) is 46.5 Å². The Hall–Kier alpha value is -2.40. The van der Waals surface area contributed by atoms with E-state index in [1.54, 1.807) is 11.3 Å². The number of ether oxygens (including phenoxy) is 1. The summed E-state index contributed by atoms with van der Waals surface area (Å²) in [4.78, 5) is 11.9.